The van der Waals surface area contributed by atoms with Crippen molar-refractivity contribution in [3.63, 3.8) is 0 Å². The van der Waals surface area contributed by atoms with Crippen LogP contribution in [0.25, 0.3) is 0 Å². The van der Waals surface area contributed by atoms with Crippen molar-refractivity contribution in [3.05, 3.63) is 97.2 Å². The molecular formula is C54H89NO8. The second kappa shape index (κ2) is 44.8. The van der Waals surface area contributed by atoms with Crippen LogP contribution in [0.15, 0.2) is 97.2 Å². The number of carbonyl (C=O) groups excluding carboxylic acids is 3. The van der Waals surface area contributed by atoms with E-state index in [2.05, 4.69) is 111 Å². The molecular weight excluding hydrogens is 791 g/mol. The van der Waals surface area contributed by atoms with E-state index in [4.69, 9.17) is 18.9 Å². The van der Waals surface area contributed by atoms with Gasteiger partial charge in [0.25, 0.3) is 0 Å². The number of likely N-dealkylation sites (N-methyl/N-ethyl adjacent to an activating group) is 1. The van der Waals surface area contributed by atoms with Crippen molar-refractivity contribution in [3.8, 4) is 0 Å². The summed E-state index contributed by atoms with van der Waals surface area (Å²) in [5.74, 6) is -2.34. The maximum Gasteiger partial charge on any atom is 0.306 e. The zero-order valence-electron chi connectivity index (χ0n) is 40.4. The number of hydrogen-bond acceptors (Lipinski definition) is 8. The number of carboxylic acids is 1. The number of rotatable bonds is 43. The van der Waals surface area contributed by atoms with Gasteiger partial charge in [-0.05, 0) is 89.9 Å². The first-order valence-electron chi connectivity index (χ1n) is 24.4. The van der Waals surface area contributed by atoms with E-state index in [9.17, 15) is 19.5 Å². The second-order valence-electron chi connectivity index (χ2n) is 17.0. The first-order chi connectivity index (χ1) is 30.6. The lowest BCUT2D eigenvalue weighted by Gasteiger charge is -2.26. The van der Waals surface area contributed by atoms with Gasteiger partial charge in [-0.2, -0.15) is 0 Å². The van der Waals surface area contributed by atoms with Crippen molar-refractivity contribution in [2.75, 3.05) is 47.5 Å². The Morgan fingerprint density at radius 2 is 0.857 bits per heavy atom. The summed E-state index contributed by atoms with van der Waals surface area (Å²) in [4.78, 5) is 37.1. The van der Waals surface area contributed by atoms with Crippen LogP contribution in [0.5, 0.6) is 0 Å². The topological polar surface area (TPSA) is 111 Å². The molecule has 63 heavy (non-hydrogen) atoms. The minimum absolute atomic E-state index is 0.136. The lowest BCUT2D eigenvalue weighted by Crippen LogP contribution is -2.44. The molecule has 0 radical (unpaired) electrons. The summed E-state index contributed by atoms with van der Waals surface area (Å²) >= 11 is 0. The van der Waals surface area contributed by atoms with Gasteiger partial charge in [-0.15, -0.1) is 0 Å². The molecule has 0 saturated carbocycles. The van der Waals surface area contributed by atoms with E-state index >= 15 is 0 Å². The van der Waals surface area contributed by atoms with Gasteiger partial charge in [0, 0.05) is 12.8 Å². The quantitative estimate of drug-likeness (QED) is 0.0196. The number of aliphatic carboxylic acids is 1. The van der Waals surface area contributed by atoms with Crippen LogP contribution in [0.2, 0.25) is 0 Å². The molecule has 0 N–H and O–H groups in total. The summed E-state index contributed by atoms with van der Waals surface area (Å²) in [6.45, 7) is 4.45. The first-order valence-corrected chi connectivity index (χ1v) is 24.4. The van der Waals surface area contributed by atoms with Gasteiger partial charge in [0.15, 0.2) is 12.4 Å². The number of quaternary nitrogens is 1. The van der Waals surface area contributed by atoms with Gasteiger partial charge in [-0.3, -0.25) is 9.59 Å². The summed E-state index contributed by atoms with van der Waals surface area (Å²) in [5, 5.41) is 11.7. The predicted octanol–water partition coefficient (Wildman–Crippen LogP) is 12.1. The molecule has 0 rings (SSSR count). The molecule has 0 saturated heterocycles. The third-order valence-corrected chi connectivity index (χ3v) is 9.83. The standard InChI is InChI=1S/C54H89NO8/c1-6-8-10-12-14-16-18-20-22-24-25-26-27-29-31-33-35-37-39-41-43-45-52(57)63-50(49-62-54(53(58)59)60-47-46-55(3,4)5)48-61-51(56)44-42-40-38-36-34-32-30-28-23-21-19-17-15-13-11-9-7-2/h8-11,14-17,20-23,25-26,30,32,50,54H,6-7,12-13,18-19,24,27-29,31,33-49H2,1-5H3/b10-8-,11-9-,16-14-,17-15-,22-20-,23-21-,26-25-,32-30-. The highest BCUT2D eigenvalue weighted by molar-refractivity contribution is 5.70. The lowest BCUT2D eigenvalue weighted by atomic mass is 10.1. The Morgan fingerprint density at radius 1 is 0.476 bits per heavy atom. The molecule has 0 aliphatic heterocycles. The third-order valence-electron chi connectivity index (χ3n) is 9.83. The van der Waals surface area contributed by atoms with Crippen LogP contribution >= 0.6 is 0 Å². The van der Waals surface area contributed by atoms with E-state index in [1.54, 1.807) is 0 Å². The van der Waals surface area contributed by atoms with Gasteiger partial charge in [-0.1, -0.05) is 162 Å². The summed E-state index contributed by atoms with van der Waals surface area (Å²) in [5.41, 5.74) is 0. The molecule has 0 amide bonds. The molecule has 0 aromatic heterocycles. The number of carbonyl (C=O) groups is 3. The zero-order chi connectivity index (χ0) is 46.3. The number of nitrogens with zero attached hydrogens (tertiary/aromatic N) is 1. The van der Waals surface area contributed by atoms with E-state index in [1.807, 2.05) is 21.1 Å². The van der Waals surface area contributed by atoms with Gasteiger partial charge >= 0.3 is 11.9 Å². The summed E-state index contributed by atoms with van der Waals surface area (Å²) in [7, 11) is 5.89. The number of ether oxygens (including phenoxy) is 4. The Hall–Kier alpha value is -3.79. The van der Waals surface area contributed by atoms with Crippen LogP contribution in [0, 0.1) is 0 Å². The summed E-state index contributed by atoms with van der Waals surface area (Å²) < 4.78 is 22.6. The van der Waals surface area contributed by atoms with Crippen molar-refractivity contribution in [2.24, 2.45) is 0 Å². The molecule has 0 aromatic carbocycles. The average Bonchev–Trinajstić information content (AvgIpc) is 3.24. The van der Waals surface area contributed by atoms with E-state index in [1.165, 1.54) is 25.7 Å². The number of carboxylic acid groups (broad SMARTS) is 1. The van der Waals surface area contributed by atoms with Crippen molar-refractivity contribution < 1.29 is 42.9 Å². The number of allylic oxidation sites excluding steroid dienone is 16. The van der Waals surface area contributed by atoms with Crippen molar-refractivity contribution in [1.82, 2.24) is 0 Å². The maximum atomic E-state index is 12.8. The smallest absolute Gasteiger partial charge is 0.306 e. The van der Waals surface area contributed by atoms with E-state index < -0.39 is 24.3 Å². The highest BCUT2D eigenvalue weighted by Gasteiger charge is 2.21. The summed E-state index contributed by atoms with van der Waals surface area (Å²) in [6, 6.07) is 0. The molecule has 2 atom stereocenters. The van der Waals surface area contributed by atoms with Crippen LogP contribution in [-0.2, 0) is 33.3 Å². The molecule has 0 aromatic rings. The van der Waals surface area contributed by atoms with Crippen LogP contribution in [0.4, 0.5) is 0 Å². The second-order valence-corrected chi connectivity index (χ2v) is 17.0. The fourth-order valence-corrected chi connectivity index (χ4v) is 6.10. The minimum atomic E-state index is -1.63. The van der Waals surface area contributed by atoms with Crippen molar-refractivity contribution >= 4 is 17.9 Å². The number of esters is 2. The molecule has 9 heteroatoms. The molecule has 358 valence electrons. The van der Waals surface area contributed by atoms with Crippen LogP contribution in [0.1, 0.15) is 168 Å². The first kappa shape index (κ1) is 59.2. The minimum Gasteiger partial charge on any atom is -0.545 e. The molecule has 9 nitrogen and oxygen atoms in total. The van der Waals surface area contributed by atoms with E-state index in [-0.39, 0.29) is 38.6 Å². The Labute approximate surface area is 384 Å². The van der Waals surface area contributed by atoms with Gasteiger partial charge in [0.2, 0.25) is 0 Å². The Bertz CT molecular complexity index is 1350. The van der Waals surface area contributed by atoms with Crippen LogP contribution < -0.4 is 5.11 Å². The van der Waals surface area contributed by atoms with Crippen LogP contribution in [-0.4, -0.2) is 82.3 Å². The molecule has 0 heterocycles. The highest BCUT2D eigenvalue weighted by Crippen LogP contribution is 2.13. The predicted molar refractivity (Wildman–Crippen MR) is 260 cm³/mol. The van der Waals surface area contributed by atoms with Gasteiger partial charge in [0.1, 0.15) is 13.2 Å². The lowest BCUT2D eigenvalue weighted by molar-refractivity contribution is -0.870. The molecule has 0 fully saturated rings. The zero-order valence-corrected chi connectivity index (χ0v) is 40.4. The Kier molecular flexibility index (Phi) is 42.1. The highest BCUT2D eigenvalue weighted by atomic mass is 16.7. The number of unbranched alkanes of at least 4 members (excludes halogenated alkanes) is 12. The molecule has 0 aliphatic rings. The van der Waals surface area contributed by atoms with Gasteiger partial charge in [0.05, 0.1) is 40.3 Å². The van der Waals surface area contributed by atoms with Crippen molar-refractivity contribution in [1.29, 1.82) is 0 Å². The summed E-state index contributed by atoms with van der Waals surface area (Å²) in [6.07, 6.45) is 55.8. The number of hydrogen-bond donors (Lipinski definition) is 0. The third kappa shape index (κ3) is 46.0. The fourth-order valence-electron chi connectivity index (χ4n) is 6.10. The molecule has 0 spiro atoms. The Morgan fingerprint density at radius 3 is 1.27 bits per heavy atom. The SMILES string of the molecule is CC/C=C\C/C=C\C/C=C\C/C=C\CCCCCCCCCCC(=O)OC(COC(=O)CCCCCC/C=C\C/C=C\C/C=C\C/C=C\CC)COC(OCC[N+](C)(C)C)C(=O)[O-]. The fraction of sp³-hybridized carbons (Fsp3) is 0.648. The maximum absolute atomic E-state index is 12.8. The van der Waals surface area contributed by atoms with Crippen molar-refractivity contribution in [2.45, 2.75) is 180 Å². The molecule has 0 bridgehead atoms. The monoisotopic (exact) mass is 880 g/mol. The largest absolute Gasteiger partial charge is 0.545 e. The normalized spacial score (nSPS) is 13.7. The van der Waals surface area contributed by atoms with Gasteiger partial charge < -0.3 is 33.3 Å². The van der Waals surface area contributed by atoms with Crippen LogP contribution in [0.3, 0.4) is 0 Å². The average molecular weight is 880 g/mol. The Balaban J connectivity index is 4.45. The molecule has 2 unspecified atom stereocenters. The van der Waals surface area contributed by atoms with Gasteiger partial charge in [-0.25, -0.2) is 0 Å². The molecule has 0 aliphatic carbocycles. The van der Waals surface area contributed by atoms with E-state index in [0.29, 0.717) is 23.9 Å². The van der Waals surface area contributed by atoms with E-state index in [0.717, 1.165) is 103 Å².